The van der Waals surface area contributed by atoms with Crippen molar-refractivity contribution in [1.29, 1.82) is 0 Å². The van der Waals surface area contributed by atoms with Gasteiger partial charge in [0.25, 0.3) is 11.6 Å². The summed E-state index contributed by atoms with van der Waals surface area (Å²) in [5, 5.41) is 13.6. The average Bonchev–Trinajstić information content (AvgIpc) is 2.37. The fourth-order valence-electron chi connectivity index (χ4n) is 1.57. The summed E-state index contributed by atoms with van der Waals surface area (Å²) in [6.07, 6.45) is 1.35. The fourth-order valence-corrected chi connectivity index (χ4v) is 1.74. The quantitative estimate of drug-likeness (QED) is 0.452. The molecule has 1 aromatic rings. The summed E-state index contributed by atoms with van der Waals surface area (Å²) in [6, 6.07) is 3.78. The van der Waals surface area contributed by atoms with E-state index in [1.165, 1.54) is 18.2 Å². The second-order valence-corrected chi connectivity index (χ2v) is 4.53. The van der Waals surface area contributed by atoms with Crippen molar-refractivity contribution >= 4 is 29.1 Å². The molecule has 0 fully saturated rings. The van der Waals surface area contributed by atoms with E-state index in [2.05, 4.69) is 5.32 Å². The molecule has 0 aliphatic carbocycles. The predicted molar refractivity (Wildman–Crippen MR) is 73.5 cm³/mol. The maximum Gasteiger partial charge on any atom is 0.282 e. The predicted octanol–water partition coefficient (Wildman–Crippen LogP) is 1.63. The molecule has 3 N–H and O–H groups in total. The number of hydrogen-bond donors (Lipinski definition) is 2. The molecule has 1 aromatic carbocycles. The van der Waals surface area contributed by atoms with Gasteiger partial charge in [0.2, 0.25) is 5.91 Å². The first-order valence-corrected chi connectivity index (χ1v) is 6.30. The third kappa shape index (κ3) is 4.85. The van der Waals surface area contributed by atoms with Crippen molar-refractivity contribution in [3.63, 3.8) is 0 Å². The number of nitro groups is 1. The summed E-state index contributed by atoms with van der Waals surface area (Å²) in [5.41, 5.74) is 4.59. The van der Waals surface area contributed by atoms with Gasteiger partial charge in [-0.15, -0.1) is 0 Å². The summed E-state index contributed by atoms with van der Waals surface area (Å²) >= 11 is 5.73. The molecule has 0 atom stereocenters. The van der Waals surface area contributed by atoms with E-state index in [0.717, 1.165) is 0 Å². The number of carbonyl (C=O) groups excluding carboxylic acids is 2. The minimum absolute atomic E-state index is 0.0857. The van der Waals surface area contributed by atoms with Crippen LogP contribution in [0.5, 0.6) is 0 Å². The van der Waals surface area contributed by atoms with E-state index in [4.69, 9.17) is 17.3 Å². The van der Waals surface area contributed by atoms with Gasteiger partial charge in [-0.05, 0) is 25.0 Å². The molecule has 108 valence electrons. The first-order valence-electron chi connectivity index (χ1n) is 5.92. The van der Waals surface area contributed by atoms with Crippen LogP contribution in [0.15, 0.2) is 18.2 Å². The Kier molecular flexibility index (Phi) is 5.92. The highest BCUT2D eigenvalue weighted by atomic mass is 35.5. The van der Waals surface area contributed by atoms with Gasteiger partial charge in [0.15, 0.2) is 0 Å². The number of hydrogen-bond acceptors (Lipinski definition) is 4. The molecule has 0 radical (unpaired) electrons. The van der Waals surface area contributed by atoms with E-state index in [1.54, 1.807) is 0 Å². The van der Waals surface area contributed by atoms with E-state index < -0.39 is 16.7 Å². The molecule has 0 unspecified atom stereocenters. The van der Waals surface area contributed by atoms with Crippen molar-refractivity contribution in [3.05, 3.63) is 38.9 Å². The monoisotopic (exact) mass is 299 g/mol. The van der Waals surface area contributed by atoms with Gasteiger partial charge in [-0.1, -0.05) is 11.6 Å². The summed E-state index contributed by atoms with van der Waals surface area (Å²) in [6.45, 7) is 0.301. The molecule has 2 amide bonds. The molecule has 0 spiro atoms. The van der Waals surface area contributed by atoms with Gasteiger partial charge in [-0.3, -0.25) is 19.7 Å². The smallest absolute Gasteiger partial charge is 0.282 e. The van der Waals surface area contributed by atoms with Gasteiger partial charge in [0.05, 0.1) is 4.92 Å². The van der Waals surface area contributed by atoms with Crippen LogP contribution in [0.25, 0.3) is 0 Å². The first kappa shape index (κ1) is 15.9. The molecule has 0 heterocycles. The lowest BCUT2D eigenvalue weighted by atomic mass is 10.1. The SMILES string of the molecule is NC(=O)CCCCNC(=O)c1cc(Cl)ccc1[N+](=O)[O-]. The third-order valence-corrected chi connectivity index (χ3v) is 2.77. The van der Waals surface area contributed by atoms with Crippen molar-refractivity contribution in [2.75, 3.05) is 6.54 Å². The van der Waals surface area contributed by atoms with Crippen LogP contribution < -0.4 is 11.1 Å². The Morgan fingerprint density at radius 2 is 2.05 bits per heavy atom. The van der Waals surface area contributed by atoms with Crippen LogP contribution in [0.4, 0.5) is 5.69 Å². The number of nitrogens with zero attached hydrogens (tertiary/aromatic N) is 1. The zero-order valence-electron chi connectivity index (χ0n) is 10.6. The molecule has 1 rings (SSSR count). The minimum Gasteiger partial charge on any atom is -0.370 e. The van der Waals surface area contributed by atoms with E-state index >= 15 is 0 Å². The highest BCUT2D eigenvalue weighted by Gasteiger charge is 2.19. The number of nitrogens with one attached hydrogen (secondary N) is 1. The Hall–Kier alpha value is -2.15. The Bertz CT molecular complexity index is 533. The van der Waals surface area contributed by atoms with Crippen molar-refractivity contribution in [1.82, 2.24) is 5.32 Å². The second-order valence-electron chi connectivity index (χ2n) is 4.10. The maximum absolute atomic E-state index is 11.9. The van der Waals surface area contributed by atoms with Crippen molar-refractivity contribution in [2.45, 2.75) is 19.3 Å². The Labute approximate surface area is 120 Å². The number of benzene rings is 1. The number of halogens is 1. The highest BCUT2D eigenvalue weighted by Crippen LogP contribution is 2.22. The summed E-state index contributed by atoms with van der Waals surface area (Å²) in [5.74, 6) is -0.972. The van der Waals surface area contributed by atoms with Gasteiger partial charge in [0, 0.05) is 24.1 Å². The second kappa shape index (κ2) is 7.44. The number of nitro benzene ring substituents is 1. The van der Waals surface area contributed by atoms with E-state index in [1.807, 2.05) is 0 Å². The lowest BCUT2D eigenvalue weighted by Gasteiger charge is -2.06. The number of carbonyl (C=O) groups is 2. The van der Waals surface area contributed by atoms with Crippen LogP contribution in [0.1, 0.15) is 29.6 Å². The van der Waals surface area contributed by atoms with E-state index in [0.29, 0.717) is 19.4 Å². The molecule has 0 aromatic heterocycles. The van der Waals surface area contributed by atoms with Crippen LogP contribution in [0.3, 0.4) is 0 Å². The van der Waals surface area contributed by atoms with Crippen molar-refractivity contribution in [3.8, 4) is 0 Å². The lowest BCUT2D eigenvalue weighted by molar-refractivity contribution is -0.385. The molecule has 0 saturated heterocycles. The average molecular weight is 300 g/mol. The van der Waals surface area contributed by atoms with Gasteiger partial charge in [-0.2, -0.15) is 0 Å². The normalized spacial score (nSPS) is 10.1. The summed E-state index contributed by atoms with van der Waals surface area (Å²) in [4.78, 5) is 32.6. The zero-order chi connectivity index (χ0) is 15.1. The van der Waals surface area contributed by atoms with Crippen LogP contribution in [-0.4, -0.2) is 23.3 Å². The standard InChI is InChI=1S/C12H14ClN3O4/c13-8-4-5-10(16(19)20)9(7-8)12(18)15-6-2-1-3-11(14)17/h4-5,7H,1-3,6H2,(H2,14,17)(H,15,18). The summed E-state index contributed by atoms with van der Waals surface area (Å²) in [7, 11) is 0. The Morgan fingerprint density at radius 3 is 2.65 bits per heavy atom. The number of nitrogens with two attached hydrogens (primary N) is 1. The van der Waals surface area contributed by atoms with E-state index in [-0.39, 0.29) is 22.7 Å². The fraction of sp³-hybridized carbons (Fsp3) is 0.333. The molecular weight excluding hydrogens is 286 g/mol. The third-order valence-electron chi connectivity index (χ3n) is 2.54. The summed E-state index contributed by atoms with van der Waals surface area (Å²) < 4.78 is 0. The van der Waals surface area contributed by atoms with Gasteiger partial charge < -0.3 is 11.1 Å². The number of unbranched alkanes of at least 4 members (excludes halogenated alkanes) is 1. The van der Waals surface area contributed by atoms with Crippen LogP contribution in [0, 0.1) is 10.1 Å². The van der Waals surface area contributed by atoms with Crippen molar-refractivity contribution < 1.29 is 14.5 Å². The molecule has 8 heteroatoms. The van der Waals surface area contributed by atoms with Crippen molar-refractivity contribution in [2.24, 2.45) is 5.73 Å². The minimum atomic E-state index is -0.641. The largest absolute Gasteiger partial charge is 0.370 e. The molecule has 7 nitrogen and oxygen atoms in total. The van der Waals surface area contributed by atoms with Crippen LogP contribution in [-0.2, 0) is 4.79 Å². The molecule has 0 aliphatic heterocycles. The molecule has 0 saturated carbocycles. The number of amides is 2. The maximum atomic E-state index is 11.9. The zero-order valence-corrected chi connectivity index (χ0v) is 11.4. The van der Waals surface area contributed by atoms with Gasteiger partial charge in [-0.25, -0.2) is 0 Å². The number of primary amides is 1. The Morgan fingerprint density at radius 1 is 1.35 bits per heavy atom. The molecular formula is C12H14ClN3O4. The Balaban J connectivity index is 2.61. The first-order chi connectivity index (χ1) is 9.41. The number of rotatable bonds is 7. The highest BCUT2D eigenvalue weighted by molar-refractivity contribution is 6.31. The van der Waals surface area contributed by atoms with Gasteiger partial charge in [0.1, 0.15) is 5.56 Å². The lowest BCUT2D eigenvalue weighted by Crippen LogP contribution is -2.25. The van der Waals surface area contributed by atoms with Gasteiger partial charge >= 0.3 is 0 Å². The molecule has 0 aliphatic rings. The molecule has 0 bridgehead atoms. The molecule has 20 heavy (non-hydrogen) atoms. The topological polar surface area (TPSA) is 115 Å². The van der Waals surface area contributed by atoms with Crippen LogP contribution >= 0.6 is 11.6 Å². The van der Waals surface area contributed by atoms with E-state index in [9.17, 15) is 19.7 Å². The van der Waals surface area contributed by atoms with Crippen LogP contribution in [0.2, 0.25) is 5.02 Å².